The number of rotatable bonds is 3. The molecule has 0 aromatic carbocycles. The highest BCUT2D eigenvalue weighted by molar-refractivity contribution is 7.86. The van der Waals surface area contributed by atoms with E-state index in [-0.39, 0.29) is 13.8 Å². The predicted octanol–water partition coefficient (Wildman–Crippen LogP) is 1.65. The molecule has 0 aliphatic rings. The van der Waals surface area contributed by atoms with E-state index in [0.717, 1.165) is 6.92 Å². The molecule has 0 bridgehead atoms. The van der Waals surface area contributed by atoms with Crippen molar-refractivity contribution in [3.05, 3.63) is 0 Å². The average Bonchev–Trinajstić information content (AvgIpc) is 1.61. The summed E-state index contributed by atoms with van der Waals surface area (Å²) in [5.74, 6) is 0. The molecule has 1 atom stereocenters. The minimum Gasteiger partial charge on any atom is -0.745 e. The molecule has 0 N–H and O–H groups in total. The van der Waals surface area contributed by atoms with E-state index >= 15 is 0 Å². The van der Waals surface area contributed by atoms with Gasteiger partial charge in [-0.2, -0.15) is 0 Å². The normalized spacial score (nSPS) is 16.7. The Morgan fingerprint density at radius 2 is 1.91 bits per heavy atom. The zero-order chi connectivity index (χ0) is 8.41. The van der Waals surface area contributed by atoms with E-state index in [0.29, 0.717) is 6.42 Å². The lowest BCUT2D eigenvalue weighted by molar-refractivity contribution is 0.246. The minimum atomic E-state index is -4.78. The van der Waals surface area contributed by atoms with Crippen LogP contribution < -0.4 is 0 Å². The molecular weight excluding hydrogens is 171 g/mol. The van der Waals surface area contributed by atoms with Gasteiger partial charge in [0, 0.05) is 0 Å². The highest BCUT2D eigenvalue weighted by Gasteiger charge is 2.29. The van der Waals surface area contributed by atoms with Gasteiger partial charge in [-0.05, 0) is 13.3 Å². The predicted molar refractivity (Wildman–Crippen MR) is 40.8 cm³/mol. The van der Waals surface area contributed by atoms with Crippen LogP contribution >= 0.6 is 0 Å². The Hall–Kier alpha value is -0.160. The Bertz CT molecular complexity index is 196. The van der Waals surface area contributed by atoms with Gasteiger partial charge in [0.1, 0.15) is 10.1 Å². The van der Waals surface area contributed by atoms with Crippen LogP contribution in [0.3, 0.4) is 0 Å². The molecule has 3 nitrogen and oxygen atoms in total. The maximum Gasteiger partial charge on any atom is 0.196 e. The van der Waals surface area contributed by atoms with Crippen molar-refractivity contribution < 1.29 is 17.4 Å². The van der Waals surface area contributed by atoms with Crippen LogP contribution in [-0.2, 0) is 10.1 Å². The van der Waals surface area contributed by atoms with Gasteiger partial charge in [-0.3, -0.25) is 0 Å². The molecule has 0 aromatic heterocycles. The molecule has 0 aromatic rings. The van der Waals surface area contributed by atoms with Crippen molar-refractivity contribution >= 4 is 10.1 Å². The molecular formula is C6H14FO3S-. The van der Waals surface area contributed by atoms with Gasteiger partial charge in [0.05, 0.1) is 0 Å². The van der Waals surface area contributed by atoms with Gasteiger partial charge in [-0.1, -0.05) is 20.8 Å². The maximum absolute atomic E-state index is 12.7. The molecule has 0 spiro atoms. The van der Waals surface area contributed by atoms with Gasteiger partial charge in [-0.15, -0.1) is 0 Å². The first-order valence-corrected chi connectivity index (χ1v) is 4.36. The number of alkyl halides is 1. The minimum absolute atomic E-state index is 0. The summed E-state index contributed by atoms with van der Waals surface area (Å²) in [5.41, 5.74) is 0. The molecule has 0 saturated carbocycles. The van der Waals surface area contributed by atoms with Crippen molar-refractivity contribution in [1.82, 2.24) is 0 Å². The summed E-state index contributed by atoms with van der Waals surface area (Å²) in [6.07, 6.45) is 0.104. The quantitative estimate of drug-likeness (QED) is 0.628. The fourth-order valence-electron chi connectivity index (χ4n) is 0.572. The average molecular weight is 185 g/mol. The van der Waals surface area contributed by atoms with Gasteiger partial charge in [0.15, 0.2) is 5.00 Å². The zero-order valence-corrected chi connectivity index (χ0v) is 6.74. The molecule has 0 saturated heterocycles. The van der Waals surface area contributed by atoms with Crippen LogP contribution in [0.2, 0.25) is 0 Å². The lowest BCUT2D eigenvalue weighted by Gasteiger charge is -2.22. The molecule has 0 radical (unpaired) electrons. The van der Waals surface area contributed by atoms with Crippen LogP contribution in [0.1, 0.15) is 34.1 Å². The van der Waals surface area contributed by atoms with Gasteiger partial charge < -0.3 is 4.55 Å². The summed E-state index contributed by atoms with van der Waals surface area (Å²) in [6, 6.07) is 0. The highest BCUT2D eigenvalue weighted by Crippen LogP contribution is 2.22. The molecule has 1 unspecified atom stereocenters. The van der Waals surface area contributed by atoms with E-state index in [9.17, 15) is 17.4 Å². The van der Waals surface area contributed by atoms with Crippen LogP contribution in [-0.4, -0.2) is 18.0 Å². The van der Waals surface area contributed by atoms with E-state index in [1.807, 2.05) is 0 Å². The van der Waals surface area contributed by atoms with Crippen molar-refractivity contribution in [2.24, 2.45) is 0 Å². The van der Waals surface area contributed by atoms with Crippen molar-refractivity contribution in [1.29, 1.82) is 0 Å². The fraction of sp³-hybridized carbons (Fsp3) is 1.00. The fourth-order valence-corrected chi connectivity index (χ4v) is 1.03. The summed E-state index contributed by atoms with van der Waals surface area (Å²) in [4.78, 5) is 0. The summed E-state index contributed by atoms with van der Waals surface area (Å²) >= 11 is 0. The highest BCUT2D eigenvalue weighted by atomic mass is 32.2. The van der Waals surface area contributed by atoms with Crippen molar-refractivity contribution in [3.8, 4) is 0 Å². The maximum atomic E-state index is 12.7. The van der Waals surface area contributed by atoms with E-state index in [4.69, 9.17) is 0 Å². The third-order valence-corrected chi connectivity index (χ3v) is 2.46. The number of hydrogen-bond donors (Lipinski definition) is 0. The molecule has 5 heteroatoms. The van der Waals surface area contributed by atoms with Gasteiger partial charge in [0.2, 0.25) is 0 Å². The summed E-state index contributed by atoms with van der Waals surface area (Å²) in [6.45, 7) is 2.40. The number of hydrogen-bond acceptors (Lipinski definition) is 3. The van der Waals surface area contributed by atoms with Crippen LogP contribution in [0.15, 0.2) is 0 Å². The van der Waals surface area contributed by atoms with E-state index in [1.165, 1.54) is 0 Å². The first-order valence-electron chi connectivity index (χ1n) is 2.95. The third-order valence-electron chi connectivity index (χ3n) is 1.22. The molecule has 11 heavy (non-hydrogen) atoms. The summed E-state index contributed by atoms with van der Waals surface area (Å²) in [5, 5.41) is -2.60. The topological polar surface area (TPSA) is 57.2 Å². The van der Waals surface area contributed by atoms with E-state index in [1.54, 1.807) is 6.92 Å². The molecule has 0 aliphatic carbocycles. The van der Waals surface area contributed by atoms with Crippen molar-refractivity contribution in [2.75, 3.05) is 0 Å². The van der Waals surface area contributed by atoms with Crippen molar-refractivity contribution in [3.63, 3.8) is 0 Å². The Morgan fingerprint density at radius 3 is 2.00 bits per heavy atom. The standard InChI is InChI=1S/C5H11FO3S.CH4/c1-3-4-5(2,6)10(7,8)9;/h3-4H2,1-2H3,(H,7,8,9);1H4/p-1. The molecule has 70 valence electrons. The van der Waals surface area contributed by atoms with E-state index in [2.05, 4.69) is 0 Å². The molecule has 0 rings (SSSR count). The molecule has 0 aliphatic heterocycles. The number of halogens is 1. The Morgan fingerprint density at radius 1 is 1.55 bits per heavy atom. The largest absolute Gasteiger partial charge is 0.745 e. The first kappa shape index (κ1) is 13.4. The lowest BCUT2D eigenvalue weighted by Crippen LogP contribution is -2.29. The lowest BCUT2D eigenvalue weighted by atomic mass is 10.2. The Kier molecular flexibility index (Phi) is 4.90. The van der Waals surface area contributed by atoms with Crippen LogP contribution in [0.4, 0.5) is 4.39 Å². The van der Waals surface area contributed by atoms with Gasteiger partial charge in [-0.25, -0.2) is 12.8 Å². The Balaban J connectivity index is 0. The second-order valence-corrected chi connectivity index (χ2v) is 4.07. The van der Waals surface area contributed by atoms with E-state index < -0.39 is 15.1 Å². The molecule has 0 amide bonds. The summed E-state index contributed by atoms with van der Waals surface area (Å²) < 4.78 is 43.0. The van der Waals surface area contributed by atoms with Crippen molar-refractivity contribution in [2.45, 2.75) is 39.1 Å². The van der Waals surface area contributed by atoms with Gasteiger partial charge >= 0.3 is 0 Å². The Labute approximate surface area is 67.4 Å². The van der Waals surface area contributed by atoms with Crippen LogP contribution in [0.25, 0.3) is 0 Å². The second kappa shape index (κ2) is 4.01. The second-order valence-electron chi connectivity index (χ2n) is 2.31. The molecule has 0 fully saturated rings. The van der Waals surface area contributed by atoms with Crippen LogP contribution in [0.5, 0.6) is 0 Å². The van der Waals surface area contributed by atoms with Gasteiger partial charge in [0.25, 0.3) is 0 Å². The zero-order valence-electron chi connectivity index (χ0n) is 5.93. The third kappa shape index (κ3) is 3.67. The first-order chi connectivity index (χ1) is 4.31. The smallest absolute Gasteiger partial charge is 0.196 e. The monoisotopic (exact) mass is 185 g/mol. The SMILES string of the molecule is C.CCCC(C)(F)S(=O)(=O)[O-]. The van der Waals surface area contributed by atoms with Crippen LogP contribution in [0, 0.1) is 0 Å². The molecule has 0 heterocycles. The summed E-state index contributed by atoms with van der Waals surface area (Å²) in [7, 11) is -4.78.